The highest BCUT2D eigenvalue weighted by atomic mass is 32.1. The third-order valence-electron chi connectivity index (χ3n) is 6.87. The number of nitrogens with zero attached hydrogens (tertiary/aromatic N) is 3. The van der Waals surface area contributed by atoms with Crippen LogP contribution in [-0.2, 0) is 0 Å². The average molecular weight is 581 g/mol. The van der Waals surface area contributed by atoms with Gasteiger partial charge in [0.1, 0.15) is 11.5 Å². The largest absolute Gasteiger partial charge is 0.358 e. The molecular weight excluding hydrogens is 543 g/mol. The van der Waals surface area contributed by atoms with Gasteiger partial charge in [-0.2, -0.15) is 5.10 Å². The molecule has 4 aromatic rings. The summed E-state index contributed by atoms with van der Waals surface area (Å²) in [5.74, 6) is -0.485. The van der Waals surface area contributed by atoms with E-state index in [0.29, 0.717) is 27.9 Å². The van der Waals surface area contributed by atoms with Crippen molar-refractivity contribution in [2.24, 2.45) is 5.41 Å². The summed E-state index contributed by atoms with van der Waals surface area (Å²) in [5, 5.41) is 14.4. The Bertz CT molecular complexity index is 1830. The van der Waals surface area contributed by atoms with Gasteiger partial charge in [-0.05, 0) is 56.2 Å². The van der Waals surface area contributed by atoms with Crippen molar-refractivity contribution in [1.29, 1.82) is 0 Å². The van der Waals surface area contributed by atoms with Crippen LogP contribution in [0.15, 0.2) is 74.4 Å². The maximum atomic E-state index is 16.4. The van der Waals surface area contributed by atoms with Crippen LogP contribution in [0.3, 0.4) is 0 Å². The van der Waals surface area contributed by atoms with Gasteiger partial charge in [-0.3, -0.25) is 15.1 Å². The van der Waals surface area contributed by atoms with Crippen molar-refractivity contribution < 1.29 is 4.39 Å². The Morgan fingerprint density at radius 1 is 1.10 bits per heavy atom. The normalized spacial score (nSPS) is 12.6. The van der Waals surface area contributed by atoms with Gasteiger partial charge < -0.3 is 10.6 Å². The molecule has 0 aliphatic carbocycles. The highest BCUT2D eigenvalue weighted by molar-refractivity contribution is 7.16. The molecule has 0 fully saturated rings. The van der Waals surface area contributed by atoms with Crippen LogP contribution < -0.4 is 21.2 Å². The number of hydrogen-bond acceptors (Lipinski definition) is 6. The Hall–Kier alpha value is -4.56. The maximum absolute atomic E-state index is 16.4. The van der Waals surface area contributed by atoms with Crippen LogP contribution in [0.4, 0.5) is 15.8 Å². The summed E-state index contributed by atoms with van der Waals surface area (Å²) in [6.45, 7) is 28.3. The highest BCUT2D eigenvalue weighted by Crippen LogP contribution is 2.35. The minimum absolute atomic E-state index is 0.149. The van der Waals surface area contributed by atoms with Gasteiger partial charge in [-0.1, -0.05) is 53.2 Å². The monoisotopic (exact) mass is 580 g/mol. The van der Waals surface area contributed by atoms with Crippen LogP contribution in [0.2, 0.25) is 0 Å². The van der Waals surface area contributed by atoms with Crippen LogP contribution in [0, 0.1) is 12.3 Å². The van der Waals surface area contributed by atoms with Crippen molar-refractivity contribution in [2.45, 2.75) is 41.5 Å². The van der Waals surface area contributed by atoms with E-state index in [4.69, 9.17) is 0 Å². The first-order chi connectivity index (χ1) is 19.8. The summed E-state index contributed by atoms with van der Waals surface area (Å²) in [4.78, 5) is 11.1. The minimum atomic E-state index is -0.485. The molecule has 4 aromatic heterocycles. The molecule has 0 amide bonds. The molecule has 0 saturated carbocycles. The summed E-state index contributed by atoms with van der Waals surface area (Å²) in [7, 11) is 0. The van der Waals surface area contributed by atoms with Crippen LogP contribution in [-0.4, -0.2) is 20.2 Å². The van der Waals surface area contributed by atoms with Crippen LogP contribution in [0.5, 0.6) is 0 Å². The summed E-state index contributed by atoms with van der Waals surface area (Å²) >= 11 is 1.64. The van der Waals surface area contributed by atoms with E-state index in [9.17, 15) is 0 Å². The van der Waals surface area contributed by atoms with Gasteiger partial charge in [0.15, 0.2) is 0 Å². The molecule has 0 bridgehead atoms. The predicted molar refractivity (Wildman–Crippen MR) is 178 cm³/mol. The van der Waals surface area contributed by atoms with Gasteiger partial charge in [-0.25, -0.2) is 4.39 Å². The molecule has 0 unspecified atom stereocenters. The van der Waals surface area contributed by atoms with Gasteiger partial charge >= 0.3 is 0 Å². The highest BCUT2D eigenvalue weighted by Gasteiger charge is 2.19. The lowest BCUT2D eigenvalue weighted by Gasteiger charge is -2.23. The minimum Gasteiger partial charge on any atom is -0.358 e. The number of halogens is 1. The van der Waals surface area contributed by atoms with Crippen molar-refractivity contribution in [1.82, 2.24) is 20.2 Å². The number of hydrogen-bond donors (Lipinski definition) is 3. The molecule has 0 atom stereocenters. The van der Waals surface area contributed by atoms with Crippen molar-refractivity contribution in [3.63, 3.8) is 0 Å². The van der Waals surface area contributed by atoms with Gasteiger partial charge in [-0.15, -0.1) is 11.3 Å². The molecule has 0 aliphatic heterocycles. The van der Waals surface area contributed by atoms with Crippen molar-refractivity contribution >= 4 is 52.0 Å². The van der Waals surface area contributed by atoms with Gasteiger partial charge in [0.05, 0.1) is 38.7 Å². The molecule has 4 heterocycles. The molecule has 4 rings (SSSR count). The van der Waals surface area contributed by atoms with Gasteiger partial charge in [0.2, 0.25) is 0 Å². The Kier molecular flexibility index (Phi) is 8.78. The number of allylic oxidation sites excluding steroid dienone is 4. The summed E-state index contributed by atoms with van der Waals surface area (Å²) in [6, 6.07) is 7.81. The summed E-state index contributed by atoms with van der Waals surface area (Å²) in [5.41, 5.74) is 6.72. The second-order valence-corrected chi connectivity index (χ2v) is 12.2. The average Bonchev–Trinajstić information content (AvgIpc) is 3.57. The van der Waals surface area contributed by atoms with E-state index in [1.807, 2.05) is 38.1 Å². The molecule has 0 radical (unpaired) electrons. The topological polar surface area (TPSA) is 78.5 Å². The van der Waals surface area contributed by atoms with Crippen LogP contribution in [0.1, 0.15) is 56.3 Å². The van der Waals surface area contributed by atoms with E-state index in [-0.39, 0.29) is 10.6 Å². The first-order valence-electron chi connectivity index (χ1n) is 13.5. The summed E-state index contributed by atoms with van der Waals surface area (Å²) in [6.07, 6.45) is 6.76. The van der Waals surface area contributed by atoms with Gasteiger partial charge in [0.25, 0.3) is 0 Å². The second kappa shape index (κ2) is 12.1. The van der Waals surface area contributed by atoms with Gasteiger partial charge in [0, 0.05) is 45.2 Å². The Balaban J connectivity index is 1.69. The number of pyridine rings is 2. The second-order valence-electron chi connectivity index (χ2n) is 11.1. The molecule has 0 spiro atoms. The lowest BCUT2D eigenvalue weighted by Crippen LogP contribution is -2.26. The molecule has 3 N–H and O–H groups in total. The van der Waals surface area contributed by atoms with E-state index in [1.165, 1.54) is 0 Å². The Morgan fingerprint density at radius 3 is 2.48 bits per heavy atom. The van der Waals surface area contributed by atoms with Crippen LogP contribution in [0.25, 0.3) is 39.8 Å². The number of nitrogens with one attached hydrogen (secondary N) is 3. The fraction of sp³-hybridized carbons (Fsp3) is 0.206. The third-order valence-corrected chi connectivity index (χ3v) is 8.12. The molecule has 0 aromatic carbocycles. The summed E-state index contributed by atoms with van der Waals surface area (Å²) < 4.78 is 16.4. The van der Waals surface area contributed by atoms with Crippen molar-refractivity contribution in [3.8, 4) is 10.6 Å². The predicted octanol–water partition coefficient (Wildman–Crippen LogP) is 7.92. The third kappa shape index (κ3) is 6.34. The van der Waals surface area contributed by atoms with E-state index in [0.717, 1.165) is 43.7 Å². The van der Waals surface area contributed by atoms with E-state index in [1.54, 1.807) is 42.9 Å². The van der Waals surface area contributed by atoms with Crippen molar-refractivity contribution in [2.75, 3.05) is 10.6 Å². The number of rotatable bonds is 9. The Morgan fingerprint density at radius 2 is 1.83 bits per heavy atom. The van der Waals surface area contributed by atoms with Crippen molar-refractivity contribution in [3.05, 3.63) is 107 Å². The first-order valence-corrected chi connectivity index (χ1v) is 14.3. The number of aromatic amines is 1. The fourth-order valence-corrected chi connectivity index (χ4v) is 5.23. The number of thiophene rings is 1. The SMILES string of the molecule is C=C(C)c1ccc(-c2nccc(NC(=C)c3n[nH]c(=C)/c3=C(F)\C(=C/C)c3cncc(NC(=C)C(C)(C)C)c3)c2C)s1. The zero-order chi connectivity index (χ0) is 30.8. The number of anilines is 2. The zero-order valence-corrected chi connectivity index (χ0v) is 25.9. The maximum Gasteiger partial charge on any atom is 0.142 e. The van der Waals surface area contributed by atoms with E-state index >= 15 is 4.39 Å². The lowest BCUT2D eigenvalue weighted by atomic mass is 9.93. The van der Waals surface area contributed by atoms with E-state index in [2.05, 4.69) is 77.9 Å². The molecule has 6 nitrogen and oxygen atoms in total. The number of H-pyrrole nitrogens is 1. The smallest absolute Gasteiger partial charge is 0.142 e. The molecule has 216 valence electrons. The molecule has 0 aliphatic rings. The quantitative estimate of drug-likeness (QED) is 0.187. The van der Waals surface area contributed by atoms with E-state index < -0.39 is 5.83 Å². The number of aromatic nitrogens is 4. The molecule has 8 heteroatoms. The molecule has 42 heavy (non-hydrogen) atoms. The molecular formula is C34H37FN6S. The first kappa shape index (κ1) is 30.4. The van der Waals surface area contributed by atoms with Crippen LogP contribution >= 0.6 is 11.3 Å². The lowest BCUT2D eigenvalue weighted by molar-refractivity contribution is 0.509. The standard InChI is InChI=1S/C34H37FN6S/c1-11-26(24-16-25(18-36-17-24)39-23(7)34(8,9)10)31(35)30-21(5)40-41-33(30)22(6)38-27-14-15-37-32(20(27)4)29-13-12-28(42-29)19(2)3/h11-18,39-40H,2,5-7H2,1,3-4,8-10H3,(H,37,38)/b26-11-,31-30-. The fourth-order valence-electron chi connectivity index (χ4n) is 4.24. The zero-order valence-electron chi connectivity index (χ0n) is 25.1. The molecule has 0 saturated heterocycles. The Labute approximate surface area is 250 Å².